The van der Waals surface area contributed by atoms with E-state index in [9.17, 15) is 5.26 Å². The van der Waals surface area contributed by atoms with E-state index in [1.807, 2.05) is 18.2 Å². The van der Waals surface area contributed by atoms with Crippen LogP contribution in [-0.2, 0) is 5.41 Å². The second kappa shape index (κ2) is 10.1. The number of nitrogens with zero attached hydrogens (tertiary/aromatic N) is 2. The fraction of sp³-hybridized carbons (Fsp3) is 0.458. The molecule has 2 rings (SSSR count). The first-order chi connectivity index (χ1) is 13.2. The first kappa shape index (κ1) is 23.1. The van der Waals surface area contributed by atoms with E-state index in [0.29, 0.717) is 12.1 Å². The van der Waals surface area contributed by atoms with Crippen LogP contribution in [-0.4, -0.2) is 18.0 Å². The van der Waals surface area contributed by atoms with Crippen LogP contribution in [0.2, 0.25) is 0 Å². The lowest BCUT2D eigenvalue weighted by Gasteiger charge is -2.37. The standard InChI is InChI=1S/C24H30Br2N2/c1-17(2)24(16-27,23-21(25)12-9-13-22(23)26)15-14-18(3)28(5)19(4)20-10-7-6-8-11-20/h6-13,17-19H,14-15H2,1-5H3. The van der Waals surface area contributed by atoms with Gasteiger partial charge in [0.25, 0.3) is 0 Å². The molecule has 3 unspecified atom stereocenters. The highest BCUT2D eigenvalue weighted by molar-refractivity contribution is 9.11. The van der Waals surface area contributed by atoms with E-state index in [-0.39, 0.29) is 5.92 Å². The van der Waals surface area contributed by atoms with Crippen molar-refractivity contribution in [2.75, 3.05) is 7.05 Å². The Morgan fingerprint density at radius 3 is 2.04 bits per heavy atom. The molecule has 0 bridgehead atoms. The Labute approximate surface area is 187 Å². The molecular weight excluding hydrogens is 476 g/mol. The minimum atomic E-state index is -0.538. The topological polar surface area (TPSA) is 27.0 Å². The molecule has 0 aliphatic heterocycles. The lowest BCUT2D eigenvalue weighted by Crippen LogP contribution is -2.36. The van der Waals surface area contributed by atoms with Crippen molar-refractivity contribution in [3.05, 3.63) is 68.6 Å². The summed E-state index contributed by atoms with van der Waals surface area (Å²) in [4.78, 5) is 2.41. The van der Waals surface area contributed by atoms with Gasteiger partial charge in [-0.1, -0.05) is 82.1 Å². The van der Waals surface area contributed by atoms with Gasteiger partial charge >= 0.3 is 0 Å². The zero-order chi connectivity index (χ0) is 20.9. The average Bonchev–Trinajstić information content (AvgIpc) is 2.69. The highest BCUT2D eigenvalue weighted by atomic mass is 79.9. The van der Waals surface area contributed by atoms with E-state index in [2.05, 4.69) is 108 Å². The third-order valence-corrected chi connectivity index (χ3v) is 7.46. The second-order valence-electron chi connectivity index (χ2n) is 7.97. The second-order valence-corrected chi connectivity index (χ2v) is 9.68. The molecule has 0 saturated heterocycles. The molecule has 2 nitrogen and oxygen atoms in total. The summed E-state index contributed by atoms with van der Waals surface area (Å²) in [5.74, 6) is 0.205. The highest BCUT2D eigenvalue weighted by Crippen LogP contribution is 2.44. The summed E-state index contributed by atoms with van der Waals surface area (Å²) in [5, 5.41) is 10.3. The van der Waals surface area contributed by atoms with E-state index in [0.717, 1.165) is 27.4 Å². The van der Waals surface area contributed by atoms with Crippen LogP contribution in [0.5, 0.6) is 0 Å². The third kappa shape index (κ3) is 4.87. The zero-order valence-electron chi connectivity index (χ0n) is 17.4. The van der Waals surface area contributed by atoms with E-state index < -0.39 is 5.41 Å². The quantitative estimate of drug-likeness (QED) is 0.371. The van der Waals surface area contributed by atoms with Gasteiger partial charge in [0.1, 0.15) is 0 Å². The molecule has 28 heavy (non-hydrogen) atoms. The van der Waals surface area contributed by atoms with Gasteiger partial charge in [0.05, 0.1) is 11.5 Å². The minimum absolute atomic E-state index is 0.205. The average molecular weight is 506 g/mol. The van der Waals surface area contributed by atoms with Crippen LogP contribution in [0, 0.1) is 17.2 Å². The van der Waals surface area contributed by atoms with Gasteiger partial charge < -0.3 is 0 Å². The lowest BCUT2D eigenvalue weighted by molar-refractivity contribution is 0.175. The summed E-state index contributed by atoms with van der Waals surface area (Å²) in [7, 11) is 2.18. The van der Waals surface area contributed by atoms with Crippen LogP contribution >= 0.6 is 31.9 Å². The summed E-state index contributed by atoms with van der Waals surface area (Å²) in [6.45, 7) is 8.80. The molecule has 0 saturated carbocycles. The summed E-state index contributed by atoms with van der Waals surface area (Å²) < 4.78 is 1.99. The maximum Gasteiger partial charge on any atom is 0.0867 e. The molecule has 0 fully saturated rings. The number of benzene rings is 2. The van der Waals surface area contributed by atoms with Gasteiger partial charge in [-0.3, -0.25) is 4.90 Å². The molecule has 0 aliphatic carbocycles. The molecule has 3 atom stereocenters. The summed E-state index contributed by atoms with van der Waals surface area (Å²) in [6.07, 6.45) is 1.77. The Kier molecular flexibility index (Phi) is 8.30. The normalized spacial score (nSPS) is 15.9. The molecule has 0 aromatic heterocycles. The van der Waals surface area contributed by atoms with Crippen molar-refractivity contribution in [3.63, 3.8) is 0 Å². The van der Waals surface area contributed by atoms with Crippen molar-refractivity contribution >= 4 is 31.9 Å². The molecule has 0 aliphatic rings. The van der Waals surface area contributed by atoms with Crippen LogP contribution in [0.3, 0.4) is 0 Å². The maximum absolute atomic E-state index is 10.3. The fourth-order valence-corrected chi connectivity index (χ4v) is 5.56. The van der Waals surface area contributed by atoms with Crippen LogP contribution in [0.1, 0.15) is 57.7 Å². The smallest absolute Gasteiger partial charge is 0.0867 e. The van der Waals surface area contributed by atoms with E-state index in [1.54, 1.807) is 0 Å². The number of hydrogen-bond acceptors (Lipinski definition) is 2. The van der Waals surface area contributed by atoms with Gasteiger partial charge in [-0.2, -0.15) is 5.26 Å². The largest absolute Gasteiger partial charge is 0.297 e. The van der Waals surface area contributed by atoms with Crippen molar-refractivity contribution in [2.24, 2.45) is 5.92 Å². The molecule has 0 radical (unpaired) electrons. The van der Waals surface area contributed by atoms with Gasteiger partial charge in [-0.15, -0.1) is 0 Å². The summed E-state index contributed by atoms with van der Waals surface area (Å²) in [5.41, 5.74) is 1.85. The molecule has 0 spiro atoms. The van der Waals surface area contributed by atoms with Crippen LogP contribution < -0.4 is 0 Å². The summed E-state index contributed by atoms with van der Waals surface area (Å²) in [6, 6.07) is 20.0. The van der Waals surface area contributed by atoms with Crippen molar-refractivity contribution in [1.82, 2.24) is 4.90 Å². The minimum Gasteiger partial charge on any atom is -0.297 e. The van der Waals surface area contributed by atoms with Gasteiger partial charge in [-0.25, -0.2) is 0 Å². The predicted octanol–water partition coefficient (Wildman–Crippen LogP) is 7.49. The Morgan fingerprint density at radius 2 is 1.54 bits per heavy atom. The van der Waals surface area contributed by atoms with Gasteiger partial charge in [0, 0.05) is 26.6 Å². The monoisotopic (exact) mass is 504 g/mol. The van der Waals surface area contributed by atoms with E-state index in [1.165, 1.54) is 5.56 Å². The van der Waals surface area contributed by atoms with Crippen LogP contribution in [0.4, 0.5) is 0 Å². The maximum atomic E-state index is 10.3. The first-order valence-corrected chi connectivity index (χ1v) is 11.5. The predicted molar refractivity (Wildman–Crippen MR) is 125 cm³/mol. The third-order valence-electron chi connectivity index (χ3n) is 6.14. The Bertz CT molecular complexity index is 793. The molecule has 150 valence electrons. The zero-order valence-corrected chi connectivity index (χ0v) is 20.6. The number of halogens is 2. The van der Waals surface area contributed by atoms with Crippen LogP contribution in [0.15, 0.2) is 57.5 Å². The molecule has 4 heteroatoms. The van der Waals surface area contributed by atoms with Gasteiger partial charge in [-0.05, 0) is 57.4 Å². The van der Waals surface area contributed by atoms with E-state index >= 15 is 0 Å². The molecular formula is C24H30Br2N2. The number of hydrogen-bond donors (Lipinski definition) is 0. The SMILES string of the molecule is CC(CCC(C#N)(c1c(Br)cccc1Br)C(C)C)N(C)C(C)c1ccccc1. The van der Waals surface area contributed by atoms with Gasteiger partial charge in [0.15, 0.2) is 0 Å². The molecule has 0 N–H and O–H groups in total. The number of rotatable bonds is 8. The van der Waals surface area contributed by atoms with Crippen molar-refractivity contribution in [2.45, 2.75) is 58.0 Å². The van der Waals surface area contributed by atoms with Gasteiger partial charge in [0.2, 0.25) is 0 Å². The van der Waals surface area contributed by atoms with E-state index in [4.69, 9.17) is 0 Å². The lowest BCUT2D eigenvalue weighted by atomic mass is 9.69. The first-order valence-electron chi connectivity index (χ1n) is 9.87. The van der Waals surface area contributed by atoms with Crippen molar-refractivity contribution in [3.8, 4) is 6.07 Å². The highest BCUT2D eigenvalue weighted by Gasteiger charge is 2.39. The fourth-order valence-electron chi connectivity index (χ4n) is 3.86. The Balaban J connectivity index is 2.24. The summed E-state index contributed by atoms with van der Waals surface area (Å²) >= 11 is 7.38. The molecule has 2 aromatic carbocycles. The molecule has 0 heterocycles. The van der Waals surface area contributed by atoms with Crippen molar-refractivity contribution in [1.29, 1.82) is 5.26 Å². The van der Waals surface area contributed by atoms with Crippen molar-refractivity contribution < 1.29 is 0 Å². The number of nitriles is 1. The molecule has 2 aromatic rings. The molecule has 0 amide bonds. The Hall–Kier alpha value is -1.15. The van der Waals surface area contributed by atoms with Crippen LogP contribution in [0.25, 0.3) is 0 Å². The Morgan fingerprint density at radius 1 is 0.964 bits per heavy atom.